The Kier molecular flexibility index (Phi) is 3.85. The van der Waals surface area contributed by atoms with Gasteiger partial charge in [-0.1, -0.05) is 17.7 Å². The summed E-state index contributed by atoms with van der Waals surface area (Å²) in [5, 5.41) is 13.9. The molecule has 0 saturated carbocycles. The van der Waals surface area contributed by atoms with Gasteiger partial charge < -0.3 is 11.1 Å². The average molecular weight is 330 g/mol. The van der Waals surface area contributed by atoms with Crippen LogP contribution in [0.3, 0.4) is 0 Å². The second-order valence-electron chi connectivity index (χ2n) is 5.99. The molecule has 0 saturated heterocycles. The molecule has 124 valence electrons. The zero-order valence-electron chi connectivity index (χ0n) is 13.9. The van der Waals surface area contributed by atoms with Gasteiger partial charge in [-0.25, -0.2) is 4.98 Å². The summed E-state index contributed by atoms with van der Waals surface area (Å²) in [7, 11) is 0. The first kappa shape index (κ1) is 15.3. The number of benzene rings is 2. The van der Waals surface area contributed by atoms with Gasteiger partial charge in [0.05, 0.1) is 12.2 Å². The monoisotopic (exact) mass is 330 g/mol. The number of azo groups is 1. The van der Waals surface area contributed by atoms with Gasteiger partial charge in [-0.3, -0.25) is 4.99 Å². The number of hydrogen-bond acceptors (Lipinski definition) is 6. The number of nitrogen functional groups attached to an aromatic ring is 1. The van der Waals surface area contributed by atoms with Crippen molar-refractivity contribution in [1.82, 2.24) is 10.3 Å². The van der Waals surface area contributed by atoms with E-state index >= 15 is 0 Å². The first-order valence-corrected chi connectivity index (χ1v) is 8.16. The molecule has 0 spiro atoms. The minimum Gasteiger partial charge on any atom is -0.382 e. The van der Waals surface area contributed by atoms with Crippen molar-refractivity contribution in [3.63, 3.8) is 0 Å². The molecule has 0 bridgehead atoms. The molecule has 6 nitrogen and oxygen atoms in total. The SMILES string of the molecule is Cc1ccc2cnc(N)c(/N=N/c3ccc(C4=NCCN4)cc3)c2c1. The van der Waals surface area contributed by atoms with Crippen LogP contribution in [-0.4, -0.2) is 23.9 Å². The molecular formula is C19H18N6. The van der Waals surface area contributed by atoms with E-state index in [2.05, 4.69) is 31.6 Å². The first-order chi connectivity index (χ1) is 12.2. The van der Waals surface area contributed by atoms with E-state index < -0.39 is 0 Å². The highest BCUT2D eigenvalue weighted by atomic mass is 15.1. The molecule has 0 amide bonds. The molecule has 2 heterocycles. The predicted octanol–water partition coefficient (Wildman–Crippen LogP) is 3.89. The fraction of sp³-hybridized carbons (Fsp3) is 0.158. The molecule has 0 atom stereocenters. The molecule has 1 aliphatic rings. The number of nitrogens with one attached hydrogen (secondary N) is 1. The van der Waals surface area contributed by atoms with Gasteiger partial charge in [-0.15, -0.1) is 5.11 Å². The average Bonchev–Trinajstić information content (AvgIpc) is 3.16. The fourth-order valence-electron chi connectivity index (χ4n) is 2.82. The minimum absolute atomic E-state index is 0.378. The van der Waals surface area contributed by atoms with Gasteiger partial charge in [0.1, 0.15) is 11.5 Å². The van der Waals surface area contributed by atoms with Crippen molar-refractivity contribution in [3.05, 3.63) is 59.8 Å². The Bertz CT molecular complexity index is 983. The predicted molar refractivity (Wildman–Crippen MR) is 101 cm³/mol. The van der Waals surface area contributed by atoms with Gasteiger partial charge in [0.25, 0.3) is 0 Å². The zero-order chi connectivity index (χ0) is 17.2. The Hall–Kier alpha value is -3.28. The third-order valence-corrected chi connectivity index (χ3v) is 4.13. The summed E-state index contributed by atoms with van der Waals surface area (Å²) < 4.78 is 0. The normalized spacial score (nSPS) is 14.0. The van der Waals surface area contributed by atoms with E-state index in [-0.39, 0.29) is 0 Å². The highest BCUT2D eigenvalue weighted by Crippen LogP contribution is 2.32. The molecular weight excluding hydrogens is 312 g/mol. The van der Waals surface area contributed by atoms with Crippen LogP contribution in [0.2, 0.25) is 0 Å². The smallest absolute Gasteiger partial charge is 0.151 e. The van der Waals surface area contributed by atoms with E-state index in [1.54, 1.807) is 6.20 Å². The van der Waals surface area contributed by atoms with E-state index in [4.69, 9.17) is 5.73 Å². The number of nitrogens with two attached hydrogens (primary N) is 1. The molecule has 3 N–H and O–H groups in total. The fourth-order valence-corrected chi connectivity index (χ4v) is 2.82. The maximum Gasteiger partial charge on any atom is 0.151 e. The van der Waals surface area contributed by atoms with Crippen LogP contribution in [0.5, 0.6) is 0 Å². The van der Waals surface area contributed by atoms with Gasteiger partial charge in [0.15, 0.2) is 5.82 Å². The second kappa shape index (κ2) is 6.32. The third kappa shape index (κ3) is 3.06. The summed E-state index contributed by atoms with van der Waals surface area (Å²) in [5.41, 5.74) is 9.58. The summed E-state index contributed by atoms with van der Waals surface area (Å²) in [4.78, 5) is 8.63. The van der Waals surface area contributed by atoms with Crippen LogP contribution < -0.4 is 11.1 Å². The van der Waals surface area contributed by atoms with Crippen LogP contribution in [0, 0.1) is 6.92 Å². The van der Waals surface area contributed by atoms with E-state index in [0.29, 0.717) is 11.5 Å². The number of aromatic nitrogens is 1. The van der Waals surface area contributed by atoms with Gasteiger partial charge in [-0.2, -0.15) is 5.11 Å². The number of nitrogens with zero attached hydrogens (tertiary/aromatic N) is 4. The molecule has 0 fully saturated rings. The second-order valence-corrected chi connectivity index (χ2v) is 5.99. The van der Waals surface area contributed by atoms with Crippen molar-refractivity contribution < 1.29 is 0 Å². The molecule has 6 heteroatoms. The maximum atomic E-state index is 6.02. The van der Waals surface area contributed by atoms with Crippen LogP contribution >= 0.6 is 0 Å². The van der Waals surface area contributed by atoms with Crippen molar-refractivity contribution in [1.29, 1.82) is 0 Å². The molecule has 3 aromatic rings. The van der Waals surface area contributed by atoms with Crippen LogP contribution in [0.1, 0.15) is 11.1 Å². The highest BCUT2D eigenvalue weighted by molar-refractivity contribution is 6.00. The minimum atomic E-state index is 0.378. The van der Waals surface area contributed by atoms with E-state index in [9.17, 15) is 0 Å². The molecule has 2 aromatic carbocycles. The van der Waals surface area contributed by atoms with Crippen LogP contribution in [0.15, 0.2) is 63.9 Å². The number of pyridine rings is 1. The lowest BCUT2D eigenvalue weighted by Crippen LogP contribution is -2.19. The van der Waals surface area contributed by atoms with E-state index in [1.165, 1.54) is 0 Å². The quantitative estimate of drug-likeness (QED) is 0.714. The van der Waals surface area contributed by atoms with Crippen molar-refractivity contribution in [2.24, 2.45) is 15.2 Å². The Morgan fingerprint density at radius 2 is 1.92 bits per heavy atom. The lowest BCUT2D eigenvalue weighted by Gasteiger charge is -2.05. The number of amidine groups is 1. The summed E-state index contributed by atoms with van der Waals surface area (Å²) in [6.07, 6.45) is 1.76. The summed E-state index contributed by atoms with van der Waals surface area (Å²) in [6, 6.07) is 13.9. The van der Waals surface area contributed by atoms with Crippen LogP contribution in [0.25, 0.3) is 10.8 Å². The molecule has 0 aliphatic carbocycles. The molecule has 25 heavy (non-hydrogen) atoms. The Balaban J connectivity index is 1.66. The van der Waals surface area contributed by atoms with E-state index in [1.807, 2.05) is 43.3 Å². The molecule has 0 radical (unpaired) electrons. The Labute approximate surface area is 145 Å². The molecule has 4 rings (SSSR count). The van der Waals surface area contributed by atoms with Gasteiger partial charge >= 0.3 is 0 Å². The summed E-state index contributed by atoms with van der Waals surface area (Å²) >= 11 is 0. The van der Waals surface area contributed by atoms with Crippen molar-refractivity contribution in [3.8, 4) is 0 Å². The summed E-state index contributed by atoms with van der Waals surface area (Å²) in [6.45, 7) is 3.75. The Morgan fingerprint density at radius 3 is 2.68 bits per heavy atom. The van der Waals surface area contributed by atoms with Gasteiger partial charge in [-0.05, 0) is 37.3 Å². The van der Waals surface area contributed by atoms with E-state index in [0.717, 1.165) is 46.5 Å². The van der Waals surface area contributed by atoms with Crippen LogP contribution in [0.4, 0.5) is 17.2 Å². The number of aliphatic imine (C=N–C) groups is 1. The molecule has 0 unspecified atom stereocenters. The van der Waals surface area contributed by atoms with Crippen molar-refractivity contribution >= 4 is 33.8 Å². The number of rotatable bonds is 3. The first-order valence-electron chi connectivity index (χ1n) is 8.16. The topological polar surface area (TPSA) is 88.0 Å². The van der Waals surface area contributed by atoms with Crippen molar-refractivity contribution in [2.45, 2.75) is 6.92 Å². The number of aryl methyl sites for hydroxylation is 1. The number of anilines is 1. The van der Waals surface area contributed by atoms with Crippen LogP contribution in [-0.2, 0) is 0 Å². The Morgan fingerprint density at radius 1 is 1.08 bits per heavy atom. The molecule has 1 aliphatic heterocycles. The lowest BCUT2D eigenvalue weighted by molar-refractivity contribution is 0.960. The van der Waals surface area contributed by atoms with Gasteiger partial charge in [0.2, 0.25) is 0 Å². The highest BCUT2D eigenvalue weighted by Gasteiger charge is 2.08. The number of fused-ring (bicyclic) bond motifs is 1. The lowest BCUT2D eigenvalue weighted by atomic mass is 10.1. The maximum absolute atomic E-state index is 6.02. The molecule has 1 aromatic heterocycles. The number of hydrogen-bond donors (Lipinski definition) is 2. The standard InChI is InChI=1S/C19H18N6/c1-12-2-3-14-11-23-18(20)17(16(14)10-12)25-24-15-6-4-13(5-7-15)19-21-8-9-22-19/h2-7,10-11H,8-9H2,1H3,(H2,20,23)(H,21,22)/b25-24+. The third-order valence-electron chi connectivity index (χ3n) is 4.13. The van der Waals surface area contributed by atoms with Gasteiger partial charge in [0, 0.05) is 29.1 Å². The zero-order valence-corrected chi connectivity index (χ0v) is 13.9. The van der Waals surface area contributed by atoms with Crippen molar-refractivity contribution in [2.75, 3.05) is 18.8 Å². The summed E-state index contributed by atoms with van der Waals surface area (Å²) in [5.74, 6) is 1.31. The largest absolute Gasteiger partial charge is 0.382 e.